The maximum atomic E-state index is 12.5. The lowest BCUT2D eigenvalue weighted by atomic mass is 9.87. The van der Waals surface area contributed by atoms with E-state index in [4.69, 9.17) is 0 Å². The second-order valence-corrected chi connectivity index (χ2v) is 10.7. The summed E-state index contributed by atoms with van der Waals surface area (Å²) >= 11 is 0. The number of aliphatic imine (C=N–C) groups is 2. The highest BCUT2D eigenvalue weighted by Crippen LogP contribution is 2.37. The third-order valence-electron chi connectivity index (χ3n) is 7.53. The number of aromatic nitrogens is 1. The van der Waals surface area contributed by atoms with E-state index in [9.17, 15) is 4.79 Å². The largest absolute Gasteiger partial charge is 0.354 e. The Labute approximate surface area is 208 Å². The average molecular weight is 472 g/mol. The molecule has 0 bridgehead atoms. The lowest BCUT2D eigenvalue weighted by Gasteiger charge is -2.33. The summed E-state index contributed by atoms with van der Waals surface area (Å²) in [5.74, 6) is 1.14. The van der Waals surface area contributed by atoms with Crippen molar-refractivity contribution in [1.29, 1.82) is 0 Å². The normalized spacial score (nSPS) is 23.3. The van der Waals surface area contributed by atoms with Crippen LogP contribution in [0.4, 0.5) is 0 Å². The number of allylic oxidation sites excluding steroid dienone is 3. The molecule has 1 atom stereocenters. The van der Waals surface area contributed by atoms with Gasteiger partial charge in [-0.2, -0.15) is 0 Å². The second kappa shape index (κ2) is 9.94. The lowest BCUT2D eigenvalue weighted by Crippen LogP contribution is -2.42. The lowest BCUT2D eigenvalue weighted by molar-refractivity contribution is -0.132. The molecule has 6 heteroatoms. The van der Waals surface area contributed by atoms with Crippen molar-refractivity contribution < 1.29 is 4.79 Å². The number of piperidine rings is 1. The molecule has 0 saturated carbocycles. The molecule has 2 aliphatic heterocycles. The molecule has 6 nitrogen and oxygen atoms in total. The first-order valence-corrected chi connectivity index (χ1v) is 13.0. The number of carbonyl (C=O) groups excluding carboxylic acids is 1. The molecule has 1 aromatic carbocycles. The van der Waals surface area contributed by atoms with Crippen LogP contribution in [-0.4, -0.2) is 72.5 Å². The van der Waals surface area contributed by atoms with E-state index in [1.807, 2.05) is 23.9 Å². The van der Waals surface area contributed by atoms with Gasteiger partial charge in [-0.1, -0.05) is 32.1 Å². The summed E-state index contributed by atoms with van der Waals surface area (Å²) in [5, 5.41) is 1.33. The molecule has 1 amide bonds. The smallest absolute Gasteiger partial charge is 0.236 e. The van der Waals surface area contributed by atoms with Crippen molar-refractivity contribution in [2.75, 3.05) is 33.7 Å². The van der Waals surface area contributed by atoms with E-state index in [1.165, 1.54) is 33.3 Å². The molecule has 2 aromatic rings. The zero-order chi connectivity index (χ0) is 24.5. The molecule has 1 N–H and O–H groups in total. The van der Waals surface area contributed by atoms with Crippen molar-refractivity contribution in [3.63, 3.8) is 0 Å². The second-order valence-electron chi connectivity index (χ2n) is 10.7. The minimum absolute atomic E-state index is 0.212. The van der Waals surface area contributed by atoms with E-state index >= 15 is 0 Å². The van der Waals surface area contributed by atoms with Crippen LogP contribution in [0.15, 0.2) is 46.4 Å². The highest BCUT2D eigenvalue weighted by atomic mass is 16.2. The highest BCUT2D eigenvalue weighted by molar-refractivity contribution is 6.08. The minimum atomic E-state index is 0.212. The van der Waals surface area contributed by atoms with Crippen molar-refractivity contribution in [3.8, 4) is 0 Å². The molecule has 3 heterocycles. The number of carbonyl (C=O) groups is 1. The van der Waals surface area contributed by atoms with E-state index in [2.05, 4.69) is 65.2 Å². The Kier molecular flexibility index (Phi) is 6.74. The summed E-state index contributed by atoms with van der Waals surface area (Å²) in [5.41, 5.74) is 7.51. The van der Waals surface area contributed by atoms with Crippen molar-refractivity contribution >= 4 is 34.4 Å². The summed E-state index contributed by atoms with van der Waals surface area (Å²) in [4.78, 5) is 29.1. The van der Waals surface area contributed by atoms with Crippen LogP contribution in [0.2, 0.25) is 0 Å². The van der Waals surface area contributed by atoms with E-state index in [-0.39, 0.29) is 11.9 Å². The number of rotatable bonds is 5. The molecule has 1 aromatic heterocycles. The molecule has 35 heavy (non-hydrogen) atoms. The molecule has 5 rings (SSSR count). The first-order valence-electron chi connectivity index (χ1n) is 13.0. The topological polar surface area (TPSA) is 64.1 Å². The van der Waals surface area contributed by atoms with E-state index in [0.717, 1.165) is 44.5 Å². The third kappa shape index (κ3) is 4.90. The molecule has 3 aliphatic rings. The maximum Gasteiger partial charge on any atom is 0.236 e. The first-order chi connectivity index (χ1) is 16.9. The maximum absolute atomic E-state index is 12.5. The predicted octanol–water partition coefficient (Wildman–Crippen LogP) is 5.14. The van der Waals surface area contributed by atoms with Crippen LogP contribution in [0, 0.1) is 0 Å². The number of amides is 1. The monoisotopic (exact) mass is 471 g/mol. The molecule has 1 saturated heterocycles. The number of nitrogens with one attached hydrogen (secondary N) is 1. The van der Waals surface area contributed by atoms with Crippen molar-refractivity contribution in [2.24, 2.45) is 9.98 Å². The predicted molar refractivity (Wildman–Crippen MR) is 146 cm³/mol. The van der Waals surface area contributed by atoms with Crippen LogP contribution in [0.1, 0.15) is 68.2 Å². The summed E-state index contributed by atoms with van der Waals surface area (Å²) in [6.45, 7) is 6.75. The summed E-state index contributed by atoms with van der Waals surface area (Å²) in [6, 6.07) is 7.15. The molecule has 1 unspecified atom stereocenters. The first kappa shape index (κ1) is 23.7. The minimum Gasteiger partial charge on any atom is -0.354 e. The van der Waals surface area contributed by atoms with Gasteiger partial charge in [-0.25, -0.2) is 4.99 Å². The van der Waals surface area contributed by atoms with Crippen LogP contribution >= 0.6 is 0 Å². The Hall–Kier alpha value is -2.99. The van der Waals surface area contributed by atoms with Gasteiger partial charge >= 0.3 is 0 Å². The number of H-pyrrole nitrogens is 1. The molecule has 1 aliphatic carbocycles. The number of fused-ring (bicyclic) bond motifs is 2. The van der Waals surface area contributed by atoms with Crippen molar-refractivity contribution in [1.82, 2.24) is 14.8 Å². The van der Waals surface area contributed by atoms with Crippen LogP contribution in [0.3, 0.4) is 0 Å². The van der Waals surface area contributed by atoms with Crippen LogP contribution in [-0.2, 0) is 4.79 Å². The van der Waals surface area contributed by atoms with Gasteiger partial charge in [0.05, 0.1) is 18.3 Å². The van der Waals surface area contributed by atoms with Crippen LogP contribution < -0.4 is 0 Å². The van der Waals surface area contributed by atoms with Gasteiger partial charge in [-0.15, -0.1) is 0 Å². The Morgan fingerprint density at radius 2 is 1.97 bits per heavy atom. The van der Waals surface area contributed by atoms with Gasteiger partial charge in [-0.05, 0) is 86.5 Å². The zero-order valence-electron chi connectivity index (χ0n) is 21.4. The molecule has 0 spiro atoms. The SMILES string of the molecule is CC(C)c1c(C2=C/CCC3N=CN=C3/C=C\2)[nH]c2ccc(C3CCN(C(=O)CN(C)C)CC3)cc12. The van der Waals surface area contributed by atoms with Gasteiger partial charge < -0.3 is 14.8 Å². The quantitative estimate of drug-likeness (QED) is 0.656. The Balaban J connectivity index is 1.41. The van der Waals surface area contributed by atoms with Crippen molar-refractivity contribution in [2.45, 2.75) is 57.4 Å². The Morgan fingerprint density at radius 1 is 1.17 bits per heavy atom. The summed E-state index contributed by atoms with van der Waals surface area (Å²) < 4.78 is 0. The van der Waals surface area contributed by atoms with Gasteiger partial charge in [0.15, 0.2) is 0 Å². The number of hydrogen-bond acceptors (Lipinski definition) is 4. The molecular weight excluding hydrogens is 434 g/mol. The zero-order valence-corrected chi connectivity index (χ0v) is 21.4. The number of nitrogens with zero attached hydrogens (tertiary/aromatic N) is 4. The fraction of sp³-hybridized carbons (Fsp3) is 0.483. The van der Waals surface area contributed by atoms with Crippen molar-refractivity contribution in [3.05, 3.63) is 53.2 Å². The Morgan fingerprint density at radius 3 is 2.71 bits per heavy atom. The van der Waals surface area contributed by atoms with Crippen LogP contribution in [0.25, 0.3) is 16.5 Å². The van der Waals surface area contributed by atoms with Gasteiger partial charge in [-0.3, -0.25) is 9.79 Å². The number of hydrogen-bond donors (Lipinski definition) is 1. The number of likely N-dealkylation sites (tertiary alicyclic amines) is 1. The fourth-order valence-electron chi connectivity index (χ4n) is 5.69. The summed E-state index contributed by atoms with van der Waals surface area (Å²) in [6.07, 6.45) is 12.4. The molecule has 0 radical (unpaired) electrons. The molecule has 1 fully saturated rings. The number of benzene rings is 1. The van der Waals surface area contributed by atoms with Gasteiger partial charge in [0.25, 0.3) is 0 Å². The molecular formula is C29H37N5O. The van der Waals surface area contributed by atoms with Crippen LogP contribution in [0.5, 0.6) is 0 Å². The van der Waals surface area contributed by atoms with Gasteiger partial charge in [0.2, 0.25) is 5.91 Å². The van der Waals surface area contributed by atoms with Gasteiger partial charge in [0, 0.05) is 29.7 Å². The average Bonchev–Trinajstić information content (AvgIpc) is 3.42. The van der Waals surface area contributed by atoms with E-state index < -0.39 is 0 Å². The van der Waals surface area contributed by atoms with Gasteiger partial charge in [0.1, 0.15) is 6.34 Å². The number of aromatic amines is 1. The van der Waals surface area contributed by atoms with E-state index in [1.54, 1.807) is 6.34 Å². The van der Waals surface area contributed by atoms with E-state index in [0.29, 0.717) is 18.4 Å². The third-order valence-corrected chi connectivity index (χ3v) is 7.53. The number of likely N-dealkylation sites (N-methyl/N-ethyl adjacent to an activating group) is 1. The Bertz CT molecular complexity index is 1220. The standard InChI is InChI=1S/C29H37N5O/c1-19(2)28-23-16-22(20-12-14-34(15-13-20)27(35)17-33(3)4)9-10-24(23)32-29(28)21-6-5-7-25-26(11-8-21)31-18-30-25/h6,8-11,16,18-20,25,32H,5,7,12-15,17H2,1-4H3/b11-8-,21-6+. The highest BCUT2D eigenvalue weighted by Gasteiger charge is 2.25. The summed E-state index contributed by atoms with van der Waals surface area (Å²) in [7, 11) is 3.90. The molecule has 184 valence electrons. The fourth-order valence-corrected chi connectivity index (χ4v) is 5.69.